The Bertz CT molecular complexity index is 577. The number of methoxy groups -OCH3 is 1. The summed E-state index contributed by atoms with van der Waals surface area (Å²) in [5.74, 6) is 0.823. The highest BCUT2D eigenvalue weighted by Gasteiger charge is 2.12. The largest absolute Gasteiger partial charge is 0.495 e. The fourth-order valence-corrected chi connectivity index (χ4v) is 2.13. The van der Waals surface area contributed by atoms with Gasteiger partial charge in [-0.2, -0.15) is 0 Å². The van der Waals surface area contributed by atoms with Gasteiger partial charge in [-0.05, 0) is 51.1 Å². The number of aromatic nitrogens is 1. The molecule has 1 heterocycles. The predicted octanol–water partition coefficient (Wildman–Crippen LogP) is 3.31. The van der Waals surface area contributed by atoms with Crippen LogP contribution in [0, 0.1) is 13.8 Å². The lowest BCUT2D eigenvalue weighted by Gasteiger charge is -2.14. The van der Waals surface area contributed by atoms with Crippen LogP contribution in [0.3, 0.4) is 0 Å². The lowest BCUT2D eigenvalue weighted by molar-refractivity contribution is 0.101. The zero-order valence-corrected chi connectivity index (χ0v) is 11.2. The van der Waals surface area contributed by atoms with Crippen LogP contribution in [0.4, 0.5) is 0 Å². The van der Waals surface area contributed by atoms with E-state index in [-0.39, 0.29) is 5.78 Å². The SMILES string of the molecule is COc1ccc(C(C)=O)cc1-n1c(C)ccc1C. The van der Waals surface area contributed by atoms with Crippen LogP contribution in [-0.2, 0) is 0 Å². The molecule has 3 nitrogen and oxygen atoms in total. The molecule has 0 N–H and O–H groups in total. The van der Waals surface area contributed by atoms with Crippen LogP contribution in [0.15, 0.2) is 30.3 Å². The topological polar surface area (TPSA) is 31.2 Å². The fourth-order valence-electron chi connectivity index (χ4n) is 2.13. The normalized spacial score (nSPS) is 10.4. The van der Waals surface area contributed by atoms with Gasteiger partial charge in [0.2, 0.25) is 0 Å². The van der Waals surface area contributed by atoms with E-state index in [1.54, 1.807) is 20.1 Å². The molecule has 0 aliphatic heterocycles. The van der Waals surface area contributed by atoms with Crippen molar-refractivity contribution < 1.29 is 9.53 Å². The Morgan fingerprint density at radius 3 is 2.22 bits per heavy atom. The Morgan fingerprint density at radius 2 is 1.72 bits per heavy atom. The van der Waals surface area contributed by atoms with Gasteiger partial charge in [0.05, 0.1) is 12.8 Å². The van der Waals surface area contributed by atoms with Crippen molar-refractivity contribution in [3.8, 4) is 11.4 Å². The molecular formula is C15H17NO2. The van der Waals surface area contributed by atoms with Gasteiger partial charge in [0.25, 0.3) is 0 Å². The number of carbonyl (C=O) groups excluding carboxylic acids is 1. The van der Waals surface area contributed by atoms with Gasteiger partial charge in [0.15, 0.2) is 5.78 Å². The molecule has 0 amide bonds. The third kappa shape index (κ3) is 2.04. The zero-order valence-electron chi connectivity index (χ0n) is 11.2. The maximum atomic E-state index is 11.5. The average molecular weight is 243 g/mol. The van der Waals surface area contributed by atoms with E-state index in [1.165, 1.54) is 0 Å². The first-order chi connectivity index (χ1) is 8.54. The van der Waals surface area contributed by atoms with Gasteiger partial charge < -0.3 is 9.30 Å². The van der Waals surface area contributed by atoms with E-state index in [0.717, 1.165) is 22.8 Å². The first-order valence-electron chi connectivity index (χ1n) is 5.89. The second kappa shape index (κ2) is 4.69. The quantitative estimate of drug-likeness (QED) is 0.774. The molecule has 0 bridgehead atoms. The van der Waals surface area contributed by atoms with E-state index in [0.29, 0.717) is 5.56 Å². The molecule has 0 aliphatic rings. The van der Waals surface area contributed by atoms with Gasteiger partial charge in [0.1, 0.15) is 5.75 Å². The monoisotopic (exact) mass is 243 g/mol. The first kappa shape index (κ1) is 12.4. The number of hydrogen-bond acceptors (Lipinski definition) is 2. The Hall–Kier alpha value is -2.03. The zero-order chi connectivity index (χ0) is 13.3. The fraction of sp³-hybridized carbons (Fsp3) is 0.267. The summed E-state index contributed by atoms with van der Waals surface area (Å²) in [5, 5.41) is 0. The number of Topliss-reactive ketones (excluding diaryl/α,β-unsaturated/α-hetero) is 1. The molecule has 18 heavy (non-hydrogen) atoms. The van der Waals surface area contributed by atoms with Crippen molar-refractivity contribution in [2.75, 3.05) is 7.11 Å². The van der Waals surface area contributed by atoms with E-state index in [1.807, 2.05) is 26.0 Å². The number of rotatable bonds is 3. The molecule has 0 saturated carbocycles. The third-order valence-corrected chi connectivity index (χ3v) is 3.10. The van der Waals surface area contributed by atoms with Crippen LogP contribution in [0.25, 0.3) is 5.69 Å². The molecule has 94 valence electrons. The third-order valence-electron chi connectivity index (χ3n) is 3.10. The molecule has 1 aromatic carbocycles. The molecule has 2 rings (SSSR count). The maximum Gasteiger partial charge on any atom is 0.159 e. The van der Waals surface area contributed by atoms with Gasteiger partial charge in [-0.1, -0.05) is 0 Å². The van der Waals surface area contributed by atoms with Gasteiger partial charge >= 0.3 is 0 Å². The number of nitrogens with zero attached hydrogens (tertiary/aromatic N) is 1. The minimum atomic E-state index is 0.0568. The molecule has 0 spiro atoms. The molecule has 2 aromatic rings. The second-order valence-corrected chi connectivity index (χ2v) is 4.39. The van der Waals surface area contributed by atoms with E-state index in [4.69, 9.17) is 4.74 Å². The van der Waals surface area contributed by atoms with Crippen LogP contribution in [-0.4, -0.2) is 17.5 Å². The number of hydrogen-bond donors (Lipinski definition) is 0. The summed E-state index contributed by atoms with van der Waals surface area (Å²) in [4.78, 5) is 11.5. The number of benzene rings is 1. The molecule has 0 atom stereocenters. The highest BCUT2D eigenvalue weighted by Crippen LogP contribution is 2.27. The van der Waals surface area contributed by atoms with Gasteiger partial charge in [-0.15, -0.1) is 0 Å². The maximum absolute atomic E-state index is 11.5. The summed E-state index contributed by atoms with van der Waals surface area (Å²) in [5.41, 5.74) is 3.83. The summed E-state index contributed by atoms with van der Waals surface area (Å²) < 4.78 is 7.47. The van der Waals surface area contributed by atoms with E-state index in [2.05, 4.69) is 16.7 Å². The van der Waals surface area contributed by atoms with Crippen molar-refractivity contribution in [2.45, 2.75) is 20.8 Å². The Kier molecular flexibility index (Phi) is 3.24. The van der Waals surface area contributed by atoms with Gasteiger partial charge in [0, 0.05) is 17.0 Å². The van der Waals surface area contributed by atoms with Gasteiger partial charge in [-0.25, -0.2) is 0 Å². The van der Waals surface area contributed by atoms with Crippen molar-refractivity contribution in [3.05, 3.63) is 47.3 Å². The predicted molar refractivity (Wildman–Crippen MR) is 71.8 cm³/mol. The number of ketones is 1. The van der Waals surface area contributed by atoms with Crippen LogP contribution < -0.4 is 4.74 Å². The molecule has 0 aliphatic carbocycles. The second-order valence-electron chi connectivity index (χ2n) is 4.39. The minimum Gasteiger partial charge on any atom is -0.495 e. The van der Waals surface area contributed by atoms with E-state index in [9.17, 15) is 4.79 Å². The summed E-state index contributed by atoms with van der Waals surface area (Å²) >= 11 is 0. The Morgan fingerprint density at radius 1 is 1.11 bits per heavy atom. The van der Waals surface area contributed by atoms with E-state index >= 15 is 0 Å². The molecule has 0 saturated heterocycles. The molecule has 0 fully saturated rings. The van der Waals surface area contributed by atoms with Crippen molar-refractivity contribution in [1.29, 1.82) is 0 Å². The molecule has 3 heteroatoms. The lowest BCUT2D eigenvalue weighted by Crippen LogP contribution is -2.04. The van der Waals surface area contributed by atoms with Crippen LogP contribution in [0.2, 0.25) is 0 Å². The number of ether oxygens (including phenoxy) is 1. The lowest BCUT2D eigenvalue weighted by atomic mass is 10.1. The minimum absolute atomic E-state index is 0.0568. The number of carbonyl (C=O) groups is 1. The van der Waals surface area contributed by atoms with Crippen molar-refractivity contribution in [1.82, 2.24) is 4.57 Å². The summed E-state index contributed by atoms with van der Waals surface area (Å²) in [6.07, 6.45) is 0. The molecule has 0 radical (unpaired) electrons. The summed E-state index contributed by atoms with van der Waals surface area (Å²) in [6.45, 7) is 5.64. The Labute approximate surface area is 107 Å². The Balaban J connectivity index is 2.68. The average Bonchev–Trinajstić information content (AvgIpc) is 2.68. The van der Waals surface area contributed by atoms with E-state index < -0.39 is 0 Å². The van der Waals surface area contributed by atoms with Crippen molar-refractivity contribution in [3.63, 3.8) is 0 Å². The molecular weight excluding hydrogens is 226 g/mol. The highest BCUT2D eigenvalue weighted by molar-refractivity contribution is 5.95. The van der Waals surface area contributed by atoms with Crippen LogP contribution >= 0.6 is 0 Å². The van der Waals surface area contributed by atoms with Crippen LogP contribution in [0.1, 0.15) is 28.7 Å². The molecule has 1 aromatic heterocycles. The van der Waals surface area contributed by atoms with Crippen molar-refractivity contribution >= 4 is 5.78 Å². The number of aryl methyl sites for hydroxylation is 2. The first-order valence-corrected chi connectivity index (χ1v) is 5.89. The van der Waals surface area contributed by atoms with Gasteiger partial charge in [-0.3, -0.25) is 4.79 Å². The molecule has 0 unspecified atom stereocenters. The van der Waals surface area contributed by atoms with Crippen molar-refractivity contribution in [2.24, 2.45) is 0 Å². The summed E-state index contributed by atoms with van der Waals surface area (Å²) in [6, 6.07) is 9.61. The summed E-state index contributed by atoms with van der Waals surface area (Å²) in [7, 11) is 1.64. The van der Waals surface area contributed by atoms with Crippen LogP contribution in [0.5, 0.6) is 5.75 Å². The smallest absolute Gasteiger partial charge is 0.159 e. The standard InChI is InChI=1S/C15H17NO2/c1-10-5-6-11(2)16(10)14-9-13(12(3)17)7-8-15(14)18-4/h5-9H,1-4H3. The highest BCUT2D eigenvalue weighted by atomic mass is 16.5.